The molecule has 0 radical (unpaired) electrons. The van der Waals surface area contributed by atoms with Crippen LogP contribution in [-0.2, 0) is 0 Å². The van der Waals surface area contributed by atoms with Crippen molar-refractivity contribution in [1.29, 1.82) is 0 Å². The highest BCUT2D eigenvalue weighted by atomic mass is 35.5. The van der Waals surface area contributed by atoms with E-state index in [1.807, 2.05) is 26.0 Å². The molecule has 0 aliphatic heterocycles. The van der Waals surface area contributed by atoms with E-state index >= 15 is 0 Å². The fraction of sp³-hybridized carbons (Fsp3) is 0.308. The summed E-state index contributed by atoms with van der Waals surface area (Å²) in [4.78, 5) is 11.7. The minimum atomic E-state index is -0.0516. The molecule has 1 aromatic carbocycles. The smallest absolute Gasteiger partial charge is 0.251 e. The van der Waals surface area contributed by atoms with Crippen molar-refractivity contribution in [3.63, 3.8) is 0 Å². The Hall–Kier alpha value is -1.28. The first kappa shape index (κ1) is 12.8. The first-order valence-electron chi connectivity index (χ1n) is 5.30. The van der Waals surface area contributed by atoms with Gasteiger partial charge in [0.05, 0.1) is 0 Å². The van der Waals surface area contributed by atoms with Crippen LogP contribution in [-0.4, -0.2) is 12.5 Å². The van der Waals surface area contributed by atoms with Gasteiger partial charge in [-0.2, -0.15) is 0 Å². The highest BCUT2D eigenvalue weighted by Gasteiger charge is 2.05. The van der Waals surface area contributed by atoms with Crippen LogP contribution in [0.15, 0.2) is 30.4 Å². The van der Waals surface area contributed by atoms with E-state index in [0.717, 1.165) is 12.0 Å². The van der Waals surface area contributed by atoms with Crippen LogP contribution in [0.25, 0.3) is 0 Å². The molecule has 0 fully saturated rings. The number of hydrogen-bond donors (Lipinski definition) is 1. The van der Waals surface area contributed by atoms with E-state index in [2.05, 4.69) is 5.32 Å². The summed E-state index contributed by atoms with van der Waals surface area (Å²) >= 11 is 5.89. The van der Waals surface area contributed by atoms with Gasteiger partial charge in [0.1, 0.15) is 0 Å². The maximum atomic E-state index is 11.7. The van der Waals surface area contributed by atoms with Crippen molar-refractivity contribution < 1.29 is 4.79 Å². The Morgan fingerprint density at radius 2 is 2.25 bits per heavy atom. The van der Waals surface area contributed by atoms with E-state index in [1.165, 1.54) is 0 Å². The molecule has 0 atom stereocenters. The molecule has 86 valence electrons. The van der Waals surface area contributed by atoms with E-state index < -0.39 is 0 Å². The van der Waals surface area contributed by atoms with Gasteiger partial charge in [0.15, 0.2) is 0 Å². The highest BCUT2D eigenvalue weighted by Crippen LogP contribution is 2.16. The number of carbonyl (C=O) groups is 1. The second kappa shape index (κ2) is 6.33. The molecule has 16 heavy (non-hydrogen) atoms. The average molecular weight is 238 g/mol. The molecule has 0 heterocycles. The lowest BCUT2D eigenvalue weighted by molar-refractivity contribution is 0.0954. The first-order chi connectivity index (χ1) is 7.65. The van der Waals surface area contributed by atoms with E-state index in [1.54, 1.807) is 18.2 Å². The first-order valence-corrected chi connectivity index (χ1v) is 5.68. The van der Waals surface area contributed by atoms with E-state index in [-0.39, 0.29) is 5.91 Å². The Morgan fingerprint density at radius 1 is 1.50 bits per heavy atom. The normalized spacial score (nSPS) is 10.7. The molecule has 3 heteroatoms. The van der Waals surface area contributed by atoms with Crippen molar-refractivity contribution in [2.24, 2.45) is 0 Å². The molecule has 0 bridgehead atoms. The van der Waals surface area contributed by atoms with Gasteiger partial charge in [-0.15, -0.1) is 0 Å². The fourth-order valence-corrected chi connectivity index (χ4v) is 1.44. The molecule has 1 rings (SSSR count). The van der Waals surface area contributed by atoms with Crippen molar-refractivity contribution in [2.45, 2.75) is 20.3 Å². The summed E-state index contributed by atoms with van der Waals surface area (Å²) in [7, 11) is 0. The van der Waals surface area contributed by atoms with Gasteiger partial charge in [0.2, 0.25) is 0 Å². The second-order valence-corrected chi connectivity index (χ2v) is 3.98. The number of carbonyl (C=O) groups excluding carboxylic acids is 1. The minimum Gasteiger partial charge on any atom is -0.352 e. The minimum absolute atomic E-state index is 0.0516. The molecule has 0 aliphatic rings. The van der Waals surface area contributed by atoms with Crippen molar-refractivity contribution in [2.75, 3.05) is 6.54 Å². The highest BCUT2D eigenvalue weighted by molar-refractivity contribution is 6.31. The summed E-state index contributed by atoms with van der Waals surface area (Å²) in [6.07, 6.45) is 4.85. The summed E-state index contributed by atoms with van der Waals surface area (Å²) < 4.78 is 0. The monoisotopic (exact) mass is 237 g/mol. The van der Waals surface area contributed by atoms with E-state index in [0.29, 0.717) is 17.1 Å². The Morgan fingerprint density at radius 3 is 2.88 bits per heavy atom. The number of halogens is 1. The van der Waals surface area contributed by atoms with Gasteiger partial charge in [-0.1, -0.05) is 23.8 Å². The van der Waals surface area contributed by atoms with Crippen LogP contribution in [0.5, 0.6) is 0 Å². The number of amides is 1. The lowest BCUT2D eigenvalue weighted by Gasteiger charge is -2.05. The number of benzene rings is 1. The van der Waals surface area contributed by atoms with Gasteiger partial charge in [0, 0.05) is 17.1 Å². The maximum absolute atomic E-state index is 11.7. The van der Waals surface area contributed by atoms with Crippen molar-refractivity contribution in [1.82, 2.24) is 5.32 Å². The van der Waals surface area contributed by atoms with Crippen LogP contribution in [0.4, 0.5) is 0 Å². The third kappa shape index (κ3) is 3.70. The zero-order valence-corrected chi connectivity index (χ0v) is 10.3. The standard InChI is InChI=1S/C13H16ClNO/c1-3-4-5-8-15-13(16)11-6-7-12(14)10(2)9-11/h3-4,6-7,9H,5,8H2,1-2H3,(H,15,16)/b4-3+. The van der Waals surface area contributed by atoms with Crippen LogP contribution in [0, 0.1) is 6.92 Å². The van der Waals surface area contributed by atoms with Gasteiger partial charge in [0.25, 0.3) is 5.91 Å². The zero-order valence-electron chi connectivity index (χ0n) is 9.59. The molecular weight excluding hydrogens is 222 g/mol. The van der Waals surface area contributed by atoms with Gasteiger partial charge < -0.3 is 5.32 Å². The number of allylic oxidation sites excluding steroid dienone is 1. The molecule has 1 aromatic rings. The van der Waals surface area contributed by atoms with E-state index in [9.17, 15) is 4.79 Å². The molecule has 2 nitrogen and oxygen atoms in total. The molecule has 1 amide bonds. The Bertz CT molecular complexity index is 399. The van der Waals surface area contributed by atoms with Crippen LogP contribution < -0.4 is 5.32 Å². The summed E-state index contributed by atoms with van der Waals surface area (Å²) in [6, 6.07) is 5.28. The van der Waals surface area contributed by atoms with Crippen LogP contribution >= 0.6 is 11.6 Å². The fourth-order valence-electron chi connectivity index (χ4n) is 1.32. The molecule has 0 saturated carbocycles. The molecule has 0 aliphatic carbocycles. The van der Waals surface area contributed by atoms with Gasteiger partial charge in [-0.25, -0.2) is 0 Å². The predicted molar refractivity (Wildman–Crippen MR) is 68.0 cm³/mol. The summed E-state index contributed by atoms with van der Waals surface area (Å²) in [5.41, 5.74) is 1.57. The molecule has 0 saturated heterocycles. The number of hydrogen-bond acceptors (Lipinski definition) is 1. The number of aryl methyl sites for hydroxylation is 1. The largest absolute Gasteiger partial charge is 0.352 e. The third-order valence-electron chi connectivity index (χ3n) is 2.25. The molecule has 1 N–H and O–H groups in total. The molecule has 0 spiro atoms. The summed E-state index contributed by atoms with van der Waals surface area (Å²) in [5, 5.41) is 3.53. The number of nitrogens with one attached hydrogen (secondary N) is 1. The third-order valence-corrected chi connectivity index (χ3v) is 2.68. The Labute approximate surface area is 101 Å². The van der Waals surface area contributed by atoms with Crippen molar-refractivity contribution in [3.05, 3.63) is 46.5 Å². The topological polar surface area (TPSA) is 29.1 Å². The van der Waals surface area contributed by atoms with E-state index in [4.69, 9.17) is 11.6 Å². The average Bonchev–Trinajstić information content (AvgIpc) is 2.28. The van der Waals surface area contributed by atoms with Crippen LogP contribution in [0.2, 0.25) is 5.02 Å². The maximum Gasteiger partial charge on any atom is 0.251 e. The second-order valence-electron chi connectivity index (χ2n) is 3.58. The zero-order chi connectivity index (χ0) is 12.0. The summed E-state index contributed by atoms with van der Waals surface area (Å²) in [5.74, 6) is -0.0516. The Balaban J connectivity index is 2.56. The molecular formula is C13H16ClNO. The quantitative estimate of drug-likeness (QED) is 0.632. The van der Waals surface area contributed by atoms with Gasteiger partial charge in [-0.05, 0) is 44.0 Å². The van der Waals surface area contributed by atoms with Crippen molar-refractivity contribution >= 4 is 17.5 Å². The van der Waals surface area contributed by atoms with Crippen LogP contribution in [0.3, 0.4) is 0 Å². The van der Waals surface area contributed by atoms with Crippen LogP contribution in [0.1, 0.15) is 29.3 Å². The molecule has 0 unspecified atom stereocenters. The van der Waals surface area contributed by atoms with Crippen molar-refractivity contribution in [3.8, 4) is 0 Å². The predicted octanol–water partition coefficient (Wildman–Crippen LogP) is 3.34. The molecule has 0 aromatic heterocycles. The lowest BCUT2D eigenvalue weighted by Crippen LogP contribution is -2.24. The SMILES string of the molecule is C/C=C/CCNC(=O)c1ccc(Cl)c(C)c1. The van der Waals surface area contributed by atoms with Gasteiger partial charge >= 0.3 is 0 Å². The lowest BCUT2D eigenvalue weighted by atomic mass is 10.1. The van der Waals surface area contributed by atoms with Gasteiger partial charge in [-0.3, -0.25) is 4.79 Å². The summed E-state index contributed by atoms with van der Waals surface area (Å²) in [6.45, 7) is 4.51. The number of rotatable bonds is 4. The Kier molecular flexibility index (Phi) is 5.06.